The molecule has 2 heterocycles. The molecule has 3 rings (SSSR count). The molecular weight excluding hydrogens is 214 g/mol. The van der Waals surface area contributed by atoms with Crippen LogP contribution in [0.4, 0.5) is 0 Å². The number of fused-ring (bicyclic) bond motifs is 1. The highest BCUT2D eigenvalue weighted by Gasteiger charge is 2.32. The number of hydrogen-bond acceptors (Lipinski definition) is 3. The summed E-state index contributed by atoms with van der Waals surface area (Å²) < 4.78 is 7.42. The van der Waals surface area contributed by atoms with Gasteiger partial charge in [0.05, 0.1) is 11.7 Å². The van der Waals surface area contributed by atoms with Crippen LogP contribution in [0.15, 0.2) is 12.3 Å². The average Bonchev–Trinajstić information content (AvgIpc) is 2.71. The fraction of sp³-hybridized carbons (Fsp3) is 0.769. The second-order valence-electron chi connectivity index (χ2n) is 5.22. The monoisotopic (exact) mass is 235 g/mol. The zero-order valence-electron chi connectivity index (χ0n) is 10.5. The Balaban J connectivity index is 1.74. The van der Waals surface area contributed by atoms with Crippen LogP contribution >= 0.6 is 0 Å². The van der Waals surface area contributed by atoms with Crippen molar-refractivity contribution in [2.24, 2.45) is 0 Å². The van der Waals surface area contributed by atoms with Gasteiger partial charge < -0.3 is 4.74 Å². The quantitative estimate of drug-likeness (QED) is 0.797. The molecule has 4 nitrogen and oxygen atoms in total. The van der Waals surface area contributed by atoms with Crippen molar-refractivity contribution in [2.45, 2.75) is 44.3 Å². The molecule has 94 valence electrons. The predicted molar refractivity (Wildman–Crippen MR) is 65.8 cm³/mol. The third-order valence-electron chi connectivity index (χ3n) is 4.15. The predicted octanol–water partition coefficient (Wildman–Crippen LogP) is 1.83. The minimum atomic E-state index is 0.495. The SMILES string of the molecule is COCC[C@H]1CN(C2CCC2)Cc2ccnn21. The van der Waals surface area contributed by atoms with E-state index in [1.807, 2.05) is 6.20 Å². The van der Waals surface area contributed by atoms with Crippen LogP contribution in [0.3, 0.4) is 0 Å². The maximum absolute atomic E-state index is 5.21. The van der Waals surface area contributed by atoms with Crippen molar-refractivity contribution in [3.63, 3.8) is 0 Å². The molecule has 0 amide bonds. The smallest absolute Gasteiger partial charge is 0.0672 e. The minimum absolute atomic E-state index is 0.495. The standard InChI is InChI=1S/C13H21N3O/c1-17-8-6-13-10-15(11-3-2-4-11)9-12-5-7-14-16(12)13/h5,7,11,13H,2-4,6,8-10H2,1H3/t13-/m0/s1. The number of methoxy groups -OCH3 is 1. The van der Waals surface area contributed by atoms with Crippen LogP contribution in [-0.2, 0) is 11.3 Å². The van der Waals surface area contributed by atoms with E-state index in [-0.39, 0.29) is 0 Å². The van der Waals surface area contributed by atoms with Gasteiger partial charge in [-0.05, 0) is 25.3 Å². The van der Waals surface area contributed by atoms with E-state index in [4.69, 9.17) is 4.74 Å². The van der Waals surface area contributed by atoms with Gasteiger partial charge in [-0.1, -0.05) is 6.42 Å². The Morgan fingerprint density at radius 1 is 1.47 bits per heavy atom. The van der Waals surface area contributed by atoms with Crippen molar-refractivity contribution < 1.29 is 4.74 Å². The lowest BCUT2D eigenvalue weighted by Crippen LogP contribution is -2.46. The second kappa shape index (κ2) is 4.78. The summed E-state index contributed by atoms with van der Waals surface area (Å²) in [7, 11) is 1.77. The summed E-state index contributed by atoms with van der Waals surface area (Å²) in [4.78, 5) is 2.64. The summed E-state index contributed by atoms with van der Waals surface area (Å²) in [6, 6.07) is 3.47. The molecular formula is C13H21N3O. The maximum atomic E-state index is 5.21. The van der Waals surface area contributed by atoms with Crippen molar-refractivity contribution in [1.29, 1.82) is 0 Å². The van der Waals surface area contributed by atoms with Gasteiger partial charge in [0.25, 0.3) is 0 Å². The van der Waals surface area contributed by atoms with Crippen molar-refractivity contribution in [3.05, 3.63) is 18.0 Å². The molecule has 1 fully saturated rings. The normalized spacial score (nSPS) is 25.6. The van der Waals surface area contributed by atoms with Crippen molar-refractivity contribution >= 4 is 0 Å². The largest absolute Gasteiger partial charge is 0.385 e. The van der Waals surface area contributed by atoms with Crippen molar-refractivity contribution in [2.75, 3.05) is 20.3 Å². The Labute approximate surface area is 103 Å². The van der Waals surface area contributed by atoms with Gasteiger partial charge in [-0.2, -0.15) is 5.10 Å². The van der Waals surface area contributed by atoms with Gasteiger partial charge >= 0.3 is 0 Å². The Kier molecular flexibility index (Phi) is 3.16. The summed E-state index contributed by atoms with van der Waals surface area (Å²) in [6.45, 7) is 3.04. The molecule has 1 aromatic rings. The molecule has 1 aliphatic heterocycles. The highest BCUT2D eigenvalue weighted by atomic mass is 16.5. The number of rotatable bonds is 4. The molecule has 0 unspecified atom stereocenters. The zero-order chi connectivity index (χ0) is 11.7. The van der Waals surface area contributed by atoms with E-state index in [0.29, 0.717) is 6.04 Å². The van der Waals surface area contributed by atoms with Crippen LogP contribution in [0.1, 0.15) is 37.4 Å². The molecule has 1 aliphatic carbocycles. The lowest BCUT2D eigenvalue weighted by atomic mass is 9.90. The average molecular weight is 235 g/mol. The van der Waals surface area contributed by atoms with E-state index in [1.165, 1.54) is 25.0 Å². The topological polar surface area (TPSA) is 30.3 Å². The van der Waals surface area contributed by atoms with Gasteiger partial charge in [-0.15, -0.1) is 0 Å². The number of ether oxygens (including phenoxy) is 1. The first kappa shape index (κ1) is 11.2. The van der Waals surface area contributed by atoms with Crippen LogP contribution in [0.5, 0.6) is 0 Å². The molecule has 1 atom stereocenters. The van der Waals surface area contributed by atoms with E-state index < -0.39 is 0 Å². The Hall–Kier alpha value is -0.870. The van der Waals surface area contributed by atoms with Gasteiger partial charge in [-0.3, -0.25) is 9.58 Å². The van der Waals surface area contributed by atoms with Crippen LogP contribution in [0.25, 0.3) is 0 Å². The molecule has 1 saturated carbocycles. The summed E-state index contributed by atoms with van der Waals surface area (Å²) in [5.74, 6) is 0. The fourth-order valence-electron chi connectivity index (χ4n) is 2.91. The number of nitrogens with zero attached hydrogens (tertiary/aromatic N) is 3. The van der Waals surface area contributed by atoms with E-state index in [9.17, 15) is 0 Å². The van der Waals surface area contributed by atoms with E-state index in [1.54, 1.807) is 7.11 Å². The Morgan fingerprint density at radius 2 is 2.35 bits per heavy atom. The highest BCUT2D eigenvalue weighted by molar-refractivity contribution is 5.06. The summed E-state index contributed by atoms with van der Waals surface area (Å²) >= 11 is 0. The van der Waals surface area contributed by atoms with Crippen molar-refractivity contribution in [3.8, 4) is 0 Å². The fourth-order valence-corrected chi connectivity index (χ4v) is 2.91. The van der Waals surface area contributed by atoms with E-state index >= 15 is 0 Å². The van der Waals surface area contributed by atoms with E-state index in [0.717, 1.165) is 32.2 Å². The first-order chi connectivity index (χ1) is 8.38. The van der Waals surface area contributed by atoms with Crippen molar-refractivity contribution in [1.82, 2.24) is 14.7 Å². The lowest BCUT2D eigenvalue weighted by molar-refractivity contribution is 0.0636. The van der Waals surface area contributed by atoms with Crippen LogP contribution < -0.4 is 0 Å². The molecule has 0 radical (unpaired) electrons. The minimum Gasteiger partial charge on any atom is -0.385 e. The first-order valence-electron chi connectivity index (χ1n) is 6.64. The highest BCUT2D eigenvalue weighted by Crippen LogP contribution is 2.31. The summed E-state index contributed by atoms with van der Waals surface area (Å²) in [6.07, 6.45) is 7.16. The first-order valence-corrected chi connectivity index (χ1v) is 6.64. The molecule has 0 bridgehead atoms. The Morgan fingerprint density at radius 3 is 3.06 bits per heavy atom. The third-order valence-corrected chi connectivity index (χ3v) is 4.15. The molecule has 2 aliphatic rings. The summed E-state index contributed by atoms with van der Waals surface area (Å²) in [5.41, 5.74) is 1.37. The lowest BCUT2D eigenvalue weighted by Gasteiger charge is -2.42. The molecule has 0 spiro atoms. The van der Waals surface area contributed by atoms with Crippen LogP contribution in [0.2, 0.25) is 0 Å². The third kappa shape index (κ3) is 2.11. The van der Waals surface area contributed by atoms with Crippen LogP contribution in [0, 0.1) is 0 Å². The molecule has 1 aromatic heterocycles. The zero-order valence-corrected chi connectivity index (χ0v) is 10.5. The number of aromatic nitrogens is 2. The molecule has 17 heavy (non-hydrogen) atoms. The van der Waals surface area contributed by atoms with Gasteiger partial charge in [0.2, 0.25) is 0 Å². The molecule has 0 aromatic carbocycles. The number of hydrogen-bond donors (Lipinski definition) is 0. The maximum Gasteiger partial charge on any atom is 0.0672 e. The second-order valence-corrected chi connectivity index (χ2v) is 5.22. The van der Waals surface area contributed by atoms with Gasteiger partial charge in [0.15, 0.2) is 0 Å². The van der Waals surface area contributed by atoms with E-state index in [2.05, 4.69) is 20.7 Å². The van der Waals surface area contributed by atoms with Crippen LogP contribution in [-0.4, -0.2) is 41.0 Å². The van der Waals surface area contributed by atoms with Gasteiger partial charge in [-0.25, -0.2) is 0 Å². The Bertz CT molecular complexity index is 372. The molecule has 0 saturated heterocycles. The van der Waals surface area contributed by atoms with Gasteiger partial charge in [0, 0.05) is 39.0 Å². The molecule has 0 N–H and O–H groups in total. The van der Waals surface area contributed by atoms with Gasteiger partial charge in [0.1, 0.15) is 0 Å². The summed E-state index contributed by atoms with van der Waals surface area (Å²) in [5, 5.41) is 4.46. The molecule has 4 heteroatoms.